The van der Waals surface area contributed by atoms with Crippen molar-refractivity contribution in [1.82, 2.24) is 0 Å². The van der Waals surface area contributed by atoms with Gasteiger partial charge in [0, 0.05) is 5.39 Å². The molecule has 2 aromatic carbocycles. The first-order chi connectivity index (χ1) is 8.26. The molecule has 0 amide bonds. The van der Waals surface area contributed by atoms with Crippen molar-refractivity contribution in [3.63, 3.8) is 0 Å². The number of ether oxygens (including phenoxy) is 1. The number of methoxy groups -OCH3 is 1. The second-order valence-corrected chi connectivity index (χ2v) is 4.82. The van der Waals surface area contributed by atoms with Gasteiger partial charge in [0.1, 0.15) is 5.75 Å². The molecule has 1 unspecified atom stereocenters. The highest BCUT2D eigenvalue weighted by atomic mass is 32.2. The number of hydrogen-bond acceptors (Lipinski definition) is 3. The molecule has 0 aromatic heterocycles. The molecule has 0 aliphatic rings. The first kappa shape index (κ1) is 12.1. The van der Waals surface area contributed by atoms with Crippen molar-refractivity contribution < 1.29 is 13.1 Å². The van der Waals surface area contributed by atoms with Gasteiger partial charge in [0.25, 0.3) is 0 Å². The van der Waals surface area contributed by atoms with Crippen molar-refractivity contribution in [2.24, 2.45) is 0 Å². The molecule has 17 heavy (non-hydrogen) atoms. The summed E-state index contributed by atoms with van der Waals surface area (Å²) in [5, 5.41) is 2.08. The van der Waals surface area contributed by atoms with Crippen molar-refractivity contribution in [3.05, 3.63) is 42.0 Å². The van der Waals surface area contributed by atoms with E-state index in [1.807, 2.05) is 36.4 Å². The van der Waals surface area contributed by atoms with Crippen LogP contribution in [0, 0.1) is 0 Å². The fourth-order valence-corrected chi connectivity index (χ4v) is 2.45. The maximum Gasteiger partial charge on any atom is 0.159 e. The van der Waals surface area contributed by atoms with Crippen LogP contribution in [0.3, 0.4) is 0 Å². The summed E-state index contributed by atoms with van der Waals surface area (Å²) in [6.45, 7) is 0. The van der Waals surface area contributed by atoms with E-state index in [1.165, 1.54) is 7.11 Å². The van der Waals surface area contributed by atoms with E-state index in [9.17, 15) is 4.21 Å². The highest BCUT2D eigenvalue weighted by Crippen LogP contribution is 2.28. The molecule has 0 heterocycles. The smallest absolute Gasteiger partial charge is 0.159 e. The van der Waals surface area contributed by atoms with E-state index in [-0.39, 0.29) is 0 Å². The van der Waals surface area contributed by atoms with E-state index in [0.717, 1.165) is 22.1 Å². The molecular formula is C13H14O3S. The maximum absolute atomic E-state index is 11.4. The Morgan fingerprint density at radius 3 is 2.41 bits per heavy atom. The summed E-state index contributed by atoms with van der Waals surface area (Å²) < 4.78 is 21.5. The molecule has 4 heteroatoms. The molecule has 0 aliphatic heterocycles. The normalized spacial score (nSPS) is 12.6. The summed E-state index contributed by atoms with van der Waals surface area (Å²) >= 11 is -1.28. The molecule has 1 atom stereocenters. The molecule has 0 fully saturated rings. The van der Waals surface area contributed by atoms with E-state index in [4.69, 9.17) is 8.92 Å². The van der Waals surface area contributed by atoms with Crippen molar-refractivity contribution >= 4 is 21.9 Å². The van der Waals surface area contributed by atoms with Gasteiger partial charge < -0.3 is 4.74 Å². The maximum atomic E-state index is 11.4. The van der Waals surface area contributed by atoms with Gasteiger partial charge in [-0.2, -0.15) is 0 Å². The van der Waals surface area contributed by atoms with Gasteiger partial charge in [-0.05, 0) is 17.0 Å². The van der Waals surface area contributed by atoms with E-state index in [1.54, 1.807) is 7.11 Å². The lowest BCUT2D eigenvalue weighted by molar-refractivity contribution is 0.419. The Kier molecular flexibility index (Phi) is 3.76. The van der Waals surface area contributed by atoms with Gasteiger partial charge in [0.2, 0.25) is 0 Å². The zero-order valence-electron chi connectivity index (χ0n) is 9.80. The second-order valence-electron chi connectivity index (χ2n) is 3.59. The predicted octanol–water partition coefficient (Wildman–Crippen LogP) is 2.66. The third-order valence-corrected chi connectivity index (χ3v) is 3.57. The molecule has 0 N–H and O–H groups in total. The topological polar surface area (TPSA) is 35.5 Å². The Morgan fingerprint density at radius 1 is 1.06 bits per heavy atom. The Labute approximate surface area is 103 Å². The number of hydrogen-bond donors (Lipinski definition) is 0. The van der Waals surface area contributed by atoms with Gasteiger partial charge >= 0.3 is 0 Å². The van der Waals surface area contributed by atoms with Crippen LogP contribution in [-0.4, -0.2) is 18.4 Å². The van der Waals surface area contributed by atoms with Crippen molar-refractivity contribution in [2.75, 3.05) is 14.2 Å². The molecule has 3 nitrogen and oxygen atoms in total. The van der Waals surface area contributed by atoms with E-state index < -0.39 is 11.1 Å². The molecule has 0 spiro atoms. The summed E-state index contributed by atoms with van der Waals surface area (Å²) in [5.74, 6) is 1.22. The van der Waals surface area contributed by atoms with Crippen LogP contribution in [-0.2, 0) is 21.0 Å². The predicted molar refractivity (Wildman–Crippen MR) is 69.4 cm³/mol. The lowest BCUT2D eigenvalue weighted by Gasteiger charge is -2.09. The van der Waals surface area contributed by atoms with Crippen molar-refractivity contribution in [1.29, 1.82) is 0 Å². The zero-order valence-corrected chi connectivity index (χ0v) is 10.6. The molecule has 0 saturated heterocycles. The molecule has 2 rings (SSSR count). The Morgan fingerprint density at radius 2 is 1.76 bits per heavy atom. The first-order valence-electron chi connectivity index (χ1n) is 5.23. The fraction of sp³-hybridized carbons (Fsp3) is 0.231. The minimum Gasteiger partial charge on any atom is -0.496 e. The fourth-order valence-electron chi connectivity index (χ4n) is 1.82. The largest absolute Gasteiger partial charge is 0.496 e. The third kappa shape index (κ3) is 2.48. The van der Waals surface area contributed by atoms with E-state index in [0.29, 0.717) is 5.75 Å². The summed E-state index contributed by atoms with van der Waals surface area (Å²) in [6.07, 6.45) is 0. The summed E-state index contributed by atoms with van der Waals surface area (Å²) in [4.78, 5) is 0. The van der Waals surface area contributed by atoms with Gasteiger partial charge in [-0.1, -0.05) is 30.3 Å². The van der Waals surface area contributed by atoms with Crippen molar-refractivity contribution in [3.8, 4) is 5.75 Å². The Hall–Kier alpha value is -1.39. The summed E-state index contributed by atoms with van der Waals surface area (Å²) in [5.41, 5.74) is 1.00. The van der Waals surface area contributed by atoms with Gasteiger partial charge in [-0.25, -0.2) is 4.21 Å². The van der Waals surface area contributed by atoms with Gasteiger partial charge in [0.15, 0.2) is 11.1 Å². The lowest BCUT2D eigenvalue weighted by Crippen LogP contribution is -1.98. The van der Waals surface area contributed by atoms with E-state index >= 15 is 0 Å². The summed E-state index contributed by atoms with van der Waals surface area (Å²) in [6, 6.07) is 11.7. The van der Waals surface area contributed by atoms with Crippen LogP contribution in [0.5, 0.6) is 5.75 Å². The molecule has 2 aromatic rings. The minimum atomic E-state index is -1.28. The van der Waals surface area contributed by atoms with Gasteiger partial charge in [0.05, 0.1) is 20.0 Å². The van der Waals surface area contributed by atoms with Gasteiger partial charge in [-0.15, -0.1) is 0 Å². The average molecular weight is 250 g/mol. The van der Waals surface area contributed by atoms with Crippen LogP contribution in [0.25, 0.3) is 10.8 Å². The molecule has 0 radical (unpaired) electrons. The highest BCUT2D eigenvalue weighted by Gasteiger charge is 2.08. The Bertz CT molecular complexity index is 551. The van der Waals surface area contributed by atoms with Crippen LogP contribution >= 0.6 is 0 Å². The average Bonchev–Trinajstić information content (AvgIpc) is 2.39. The molecule has 0 bridgehead atoms. The van der Waals surface area contributed by atoms with Crippen LogP contribution in [0.2, 0.25) is 0 Å². The SMILES string of the molecule is COc1ccc(CS(=O)OC)c2ccccc12. The summed E-state index contributed by atoms with van der Waals surface area (Å²) in [7, 11) is 3.09. The highest BCUT2D eigenvalue weighted by molar-refractivity contribution is 7.79. The van der Waals surface area contributed by atoms with Crippen LogP contribution < -0.4 is 4.74 Å². The standard InChI is InChI=1S/C13H14O3S/c1-15-13-8-7-10(9-17(14)16-2)11-5-3-4-6-12(11)13/h3-8H,9H2,1-2H3. The molecule has 90 valence electrons. The second kappa shape index (κ2) is 5.29. The zero-order chi connectivity index (χ0) is 12.3. The number of fused-ring (bicyclic) bond motifs is 1. The Balaban J connectivity index is 2.54. The first-order valence-corrected chi connectivity index (χ1v) is 6.48. The molecule has 0 aliphatic carbocycles. The van der Waals surface area contributed by atoms with Crippen LogP contribution in [0.4, 0.5) is 0 Å². The van der Waals surface area contributed by atoms with Gasteiger partial charge in [-0.3, -0.25) is 4.18 Å². The van der Waals surface area contributed by atoms with Crippen molar-refractivity contribution in [2.45, 2.75) is 5.75 Å². The minimum absolute atomic E-state index is 0.390. The third-order valence-electron chi connectivity index (χ3n) is 2.65. The number of rotatable bonds is 4. The van der Waals surface area contributed by atoms with Crippen LogP contribution in [0.15, 0.2) is 36.4 Å². The lowest BCUT2D eigenvalue weighted by atomic mass is 10.0. The molecular weight excluding hydrogens is 236 g/mol. The molecule has 0 saturated carbocycles. The quantitative estimate of drug-likeness (QED) is 0.837. The number of benzene rings is 2. The monoisotopic (exact) mass is 250 g/mol. The van der Waals surface area contributed by atoms with E-state index in [2.05, 4.69) is 0 Å². The van der Waals surface area contributed by atoms with Crippen LogP contribution in [0.1, 0.15) is 5.56 Å².